The fourth-order valence-corrected chi connectivity index (χ4v) is 1.20. The van der Waals surface area contributed by atoms with Crippen LogP contribution in [0.2, 0.25) is 5.32 Å². The Bertz CT molecular complexity index is 42.2. The molecular weight excluding hydrogens is 177 g/mol. The topological polar surface area (TPSA) is 26.0 Å². The first-order chi connectivity index (χ1) is 4.41. The van der Waals surface area contributed by atoms with Crippen molar-refractivity contribution in [3.63, 3.8) is 0 Å². The van der Waals surface area contributed by atoms with E-state index in [1.54, 1.807) is 0 Å². The normalized spacial score (nSPS) is 10.0. The minimum absolute atomic E-state index is 0.859. The van der Waals surface area contributed by atoms with Gasteiger partial charge in [0.2, 0.25) is 0 Å². The van der Waals surface area contributed by atoms with Crippen LogP contribution in [0.15, 0.2) is 0 Å². The first kappa shape index (κ1) is 9.48. The average molecular weight is 193 g/mol. The van der Waals surface area contributed by atoms with Crippen LogP contribution >= 0.6 is 0 Å². The van der Waals surface area contributed by atoms with E-state index in [-0.39, 0.29) is 0 Å². The summed E-state index contributed by atoms with van der Waals surface area (Å²) in [4.78, 5) is 0. The van der Waals surface area contributed by atoms with Gasteiger partial charge >= 0.3 is 65.7 Å². The van der Waals surface area contributed by atoms with Crippen LogP contribution in [0, 0.1) is 0 Å². The first-order valence-electron chi connectivity index (χ1n) is 3.70. The van der Waals surface area contributed by atoms with E-state index in [0.29, 0.717) is 0 Å². The molecule has 1 radical (unpaired) electrons. The van der Waals surface area contributed by atoms with Crippen molar-refractivity contribution in [3.05, 3.63) is 0 Å². The van der Waals surface area contributed by atoms with E-state index in [1.807, 2.05) is 0 Å². The fourth-order valence-electron chi connectivity index (χ4n) is 0.777. The fraction of sp³-hybridized carbons (Fsp3) is 1.00. The molecule has 0 bridgehead atoms. The second-order valence-corrected chi connectivity index (χ2v) is 3.12. The first-order valence-corrected chi connectivity index (χ1v) is 4.91. The molecule has 0 saturated heterocycles. The van der Waals surface area contributed by atoms with Crippen molar-refractivity contribution in [2.24, 2.45) is 5.73 Å². The molecule has 0 aliphatic rings. The molecule has 0 fully saturated rings. The summed E-state index contributed by atoms with van der Waals surface area (Å²) in [7, 11) is 0. The van der Waals surface area contributed by atoms with Gasteiger partial charge in [0.25, 0.3) is 0 Å². The van der Waals surface area contributed by atoms with Crippen molar-refractivity contribution in [2.45, 2.75) is 37.4 Å². The number of rotatable bonds is 6. The zero-order valence-corrected chi connectivity index (χ0v) is 7.65. The second kappa shape index (κ2) is 8.48. The molecule has 0 aliphatic heterocycles. The van der Waals surface area contributed by atoms with Gasteiger partial charge in [-0.1, -0.05) is 0 Å². The maximum absolute atomic E-state index is 5.34. The Hall–Kier alpha value is 0.479. The van der Waals surface area contributed by atoms with Crippen LogP contribution in [0.5, 0.6) is 0 Å². The third-order valence-corrected chi connectivity index (χ3v) is 1.95. The van der Waals surface area contributed by atoms with E-state index in [0.717, 1.165) is 6.54 Å². The maximum atomic E-state index is 5.34. The molecule has 0 aliphatic carbocycles. The number of hydrogen-bond acceptors (Lipinski definition) is 1. The van der Waals surface area contributed by atoms with Gasteiger partial charge in [-0.25, -0.2) is 0 Å². The summed E-state index contributed by atoms with van der Waals surface area (Å²) < 4.78 is 0. The second-order valence-electron chi connectivity index (χ2n) is 2.26. The summed E-state index contributed by atoms with van der Waals surface area (Å²) in [6.45, 7) is 0.859. The van der Waals surface area contributed by atoms with Gasteiger partial charge in [-0.3, -0.25) is 0 Å². The predicted octanol–water partition coefficient (Wildman–Crippen LogP) is 1.48. The van der Waals surface area contributed by atoms with Crippen LogP contribution in [0.3, 0.4) is 0 Å². The summed E-state index contributed by atoms with van der Waals surface area (Å²) in [5.41, 5.74) is 5.34. The summed E-state index contributed by atoms with van der Waals surface area (Å²) >= 11 is 3.01. The van der Waals surface area contributed by atoms with E-state index in [4.69, 9.17) is 5.73 Å². The van der Waals surface area contributed by atoms with Crippen LogP contribution in [0.1, 0.15) is 32.1 Å². The van der Waals surface area contributed by atoms with E-state index < -0.39 is 0 Å². The Morgan fingerprint density at radius 1 is 0.889 bits per heavy atom. The van der Waals surface area contributed by atoms with Crippen LogP contribution in [0.4, 0.5) is 0 Å². The van der Waals surface area contributed by atoms with Crippen LogP contribution < -0.4 is 5.73 Å². The molecule has 2 heteroatoms. The molecular formula is C7H16NSe. The van der Waals surface area contributed by atoms with E-state index >= 15 is 0 Å². The molecule has 0 unspecified atom stereocenters. The van der Waals surface area contributed by atoms with Crippen LogP contribution in [-0.4, -0.2) is 22.6 Å². The molecule has 1 nitrogen and oxygen atoms in total. The molecule has 0 amide bonds. The van der Waals surface area contributed by atoms with Gasteiger partial charge < -0.3 is 0 Å². The third kappa shape index (κ3) is 8.48. The molecule has 0 aromatic carbocycles. The van der Waals surface area contributed by atoms with E-state index in [1.165, 1.54) is 37.4 Å². The molecule has 2 N–H and O–H groups in total. The van der Waals surface area contributed by atoms with Gasteiger partial charge in [0.15, 0.2) is 0 Å². The Morgan fingerprint density at radius 2 is 1.44 bits per heavy atom. The summed E-state index contributed by atoms with van der Waals surface area (Å²) in [5.74, 6) is 0. The Morgan fingerprint density at radius 3 is 2.00 bits per heavy atom. The van der Waals surface area contributed by atoms with Crippen molar-refractivity contribution in [2.75, 3.05) is 6.54 Å². The molecule has 55 valence electrons. The summed E-state index contributed by atoms with van der Waals surface area (Å²) in [5, 5.41) is 1.21. The number of hydrogen-bond donors (Lipinski definition) is 1. The Kier molecular flexibility index (Phi) is 8.93. The van der Waals surface area contributed by atoms with E-state index in [9.17, 15) is 0 Å². The molecule has 9 heavy (non-hydrogen) atoms. The third-order valence-electron chi connectivity index (χ3n) is 1.35. The van der Waals surface area contributed by atoms with Gasteiger partial charge in [0.05, 0.1) is 0 Å². The van der Waals surface area contributed by atoms with Gasteiger partial charge in [-0.2, -0.15) is 0 Å². The van der Waals surface area contributed by atoms with Gasteiger partial charge in [-0.15, -0.1) is 0 Å². The van der Waals surface area contributed by atoms with Crippen molar-refractivity contribution in [3.8, 4) is 0 Å². The molecule has 0 saturated carbocycles. The summed E-state index contributed by atoms with van der Waals surface area (Å²) in [6.07, 6.45) is 6.58. The predicted molar refractivity (Wildman–Crippen MR) is 42.7 cm³/mol. The molecule has 0 heterocycles. The standard InChI is InChI=1S/C7H16NSe/c8-6-4-2-1-3-5-7-9/h1-8H2. The molecule has 0 aromatic rings. The number of nitrogens with two attached hydrogens (primary N) is 1. The zero-order chi connectivity index (χ0) is 6.95. The van der Waals surface area contributed by atoms with Crippen molar-refractivity contribution in [1.82, 2.24) is 0 Å². The minimum atomic E-state index is 0.859. The van der Waals surface area contributed by atoms with Crippen molar-refractivity contribution < 1.29 is 0 Å². The van der Waals surface area contributed by atoms with E-state index in [2.05, 4.69) is 16.0 Å². The average Bonchev–Trinajstić information content (AvgIpc) is 1.89. The quantitative estimate of drug-likeness (QED) is 0.502. The van der Waals surface area contributed by atoms with Crippen molar-refractivity contribution in [1.29, 1.82) is 0 Å². The molecule has 0 spiro atoms. The molecule has 0 aromatic heterocycles. The molecule has 0 rings (SSSR count). The van der Waals surface area contributed by atoms with Crippen molar-refractivity contribution >= 4 is 16.0 Å². The van der Waals surface area contributed by atoms with Gasteiger partial charge in [0.1, 0.15) is 0 Å². The van der Waals surface area contributed by atoms with Gasteiger partial charge in [0, 0.05) is 0 Å². The van der Waals surface area contributed by atoms with Crippen LogP contribution in [-0.2, 0) is 0 Å². The zero-order valence-electron chi connectivity index (χ0n) is 5.94. The Balaban J connectivity index is 2.60. The number of unbranched alkanes of at least 4 members (excludes halogenated alkanes) is 4. The van der Waals surface area contributed by atoms with Crippen LogP contribution in [0.25, 0.3) is 0 Å². The Labute approximate surface area is 66.2 Å². The van der Waals surface area contributed by atoms with Gasteiger partial charge in [-0.05, 0) is 0 Å². The monoisotopic (exact) mass is 194 g/mol. The molecule has 0 atom stereocenters. The SMILES string of the molecule is NCCCCCCC[Se]. The summed E-state index contributed by atoms with van der Waals surface area (Å²) in [6, 6.07) is 0.